The van der Waals surface area contributed by atoms with Gasteiger partial charge in [0, 0.05) is 12.3 Å². The first kappa shape index (κ1) is 10.4. The molecule has 0 aliphatic heterocycles. The van der Waals surface area contributed by atoms with Gasteiger partial charge in [0.2, 0.25) is 0 Å². The number of rotatable bonds is 3. The van der Waals surface area contributed by atoms with Crippen molar-refractivity contribution in [3.63, 3.8) is 0 Å². The maximum absolute atomic E-state index is 11.5. The van der Waals surface area contributed by atoms with Crippen LogP contribution in [0.25, 0.3) is 11.1 Å². The lowest BCUT2D eigenvalue weighted by atomic mass is 10.1. The van der Waals surface area contributed by atoms with E-state index >= 15 is 0 Å². The molecule has 0 saturated heterocycles. The molecule has 0 spiro atoms. The zero-order valence-electron chi connectivity index (χ0n) is 9.03. The summed E-state index contributed by atoms with van der Waals surface area (Å²) in [5, 5.41) is 5.13. The van der Waals surface area contributed by atoms with Gasteiger partial charge in [0.15, 0.2) is 0 Å². The number of hydrogen-bond acceptors (Lipinski definition) is 3. The molecule has 0 atom stereocenters. The largest absolute Gasteiger partial charge is 0.497 e. The molecule has 5 heteroatoms. The average molecular weight is 220 g/mol. The second kappa shape index (κ2) is 4.14. The van der Waals surface area contributed by atoms with Crippen LogP contribution in [0.4, 0.5) is 0 Å². The summed E-state index contributed by atoms with van der Waals surface area (Å²) in [6.07, 6.45) is 1.61. The number of hydrogen-bond donors (Lipinski definition) is 2. The molecule has 0 saturated carbocycles. The van der Waals surface area contributed by atoms with Gasteiger partial charge in [0.05, 0.1) is 19.8 Å². The monoisotopic (exact) mass is 220 g/mol. The summed E-state index contributed by atoms with van der Waals surface area (Å²) >= 11 is 0. The van der Waals surface area contributed by atoms with Crippen LogP contribution in [0.1, 0.15) is 0 Å². The lowest BCUT2D eigenvalue weighted by molar-refractivity contribution is 0.394. The Labute approximate surface area is 92.0 Å². The van der Waals surface area contributed by atoms with Crippen molar-refractivity contribution in [3.05, 3.63) is 34.7 Å². The fourth-order valence-electron chi connectivity index (χ4n) is 1.48. The molecule has 0 aliphatic rings. The number of methoxy groups -OCH3 is 2. The van der Waals surface area contributed by atoms with Crippen molar-refractivity contribution in [3.8, 4) is 22.6 Å². The first-order valence-corrected chi connectivity index (χ1v) is 4.74. The zero-order chi connectivity index (χ0) is 11.5. The quantitative estimate of drug-likeness (QED) is 0.821. The predicted molar refractivity (Wildman–Crippen MR) is 60.0 cm³/mol. The molecule has 1 aromatic heterocycles. The fraction of sp³-hybridized carbons (Fsp3) is 0.182. The van der Waals surface area contributed by atoms with Gasteiger partial charge in [0.1, 0.15) is 11.5 Å². The Morgan fingerprint density at radius 1 is 1.06 bits per heavy atom. The van der Waals surface area contributed by atoms with Gasteiger partial charge in [-0.3, -0.25) is 9.89 Å². The number of nitrogens with one attached hydrogen (secondary N) is 2. The number of benzene rings is 1. The van der Waals surface area contributed by atoms with Crippen LogP contribution in [0.2, 0.25) is 0 Å². The summed E-state index contributed by atoms with van der Waals surface area (Å²) in [4.78, 5) is 11.5. The van der Waals surface area contributed by atoms with E-state index in [1.165, 1.54) is 0 Å². The van der Waals surface area contributed by atoms with Crippen LogP contribution in [0.3, 0.4) is 0 Å². The highest BCUT2D eigenvalue weighted by Crippen LogP contribution is 2.27. The molecule has 16 heavy (non-hydrogen) atoms. The molecule has 0 amide bonds. The second-order valence-electron chi connectivity index (χ2n) is 3.26. The molecule has 0 radical (unpaired) electrons. The Balaban J connectivity index is 2.56. The van der Waals surface area contributed by atoms with Gasteiger partial charge >= 0.3 is 0 Å². The molecule has 2 N–H and O–H groups in total. The third-order valence-corrected chi connectivity index (χ3v) is 2.31. The van der Waals surface area contributed by atoms with E-state index in [-0.39, 0.29) is 5.56 Å². The molecule has 1 heterocycles. The van der Waals surface area contributed by atoms with Crippen molar-refractivity contribution in [2.75, 3.05) is 14.2 Å². The maximum Gasteiger partial charge on any atom is 0.271 e. The Bertz CT molecular complexity index is 520. The SMILES string of the molecule is COc1cc(OC)cc(-c2c[nH][nH]c2=O)c1. The molecule has 2 aromatic rings. The highest BCUT2D eigenvalue weighted by Gasteiger charge is 2.07. The fourth-order valence-corrected chi connectivity index (χ4v) is 1.48. The average Bonchev–Trinajstić information content (AvgIpc) is 2.74. The Morgan fingerprint density at radius 2 is 1.69 bits per heavy atom. The van der Waals surface area contributed by atoms with Crippen molar-refractivity contribution >= 4 is 0 Å². The van der Waals surface area contributed by atoms with Gasteiger partial charge in [-0.2, -0.15) is 0 Å². The van der Waals surface area contributed by atoms with Gasteiger partial charge in [-0.15, -0.1) is 0 Å². The Kier molecular flexibility index (Phi) is 2.68. The zero-order valence-corrected chi connectivity index (χ0v) is 9.03. The minimum atomic E-state index is -0.171. The molecule has 5 nitrogen and oxygen atoms in total. The van der Waals surface area contributed by atoms with Crippen molar-refractivity contribution in [1.82, 2.24) is 10.2 Å². The van der Waals surface area contributed by atoms with Crippen LogP contribution in [-0.2, 0) is 0 Å². The first-order valence-electron chi connectivity index (χ1n) is 4.74. The third kappa shape index (κ3) is 1.79. The number of ether oxygens (including phenoxy) is 2. The van der Waals surface area contributed by atoms with E-state index in [0.717, 1.165) is 5.56 Å². The van der Waals surface area contributed by atoms with Gasteiger partial charge in [0.25, 0.3) is 5.56 Å². The Hall–Kier alpha value is -2.17. The van der Waals surface area contributed by atoms with Gasteiger partial charge in [-0.1, -0.05) is 0 Å². The minimum Gasteiger partial charge on any atom is -0.497 e. The van der Waals surface area contributed by atoms with E-state index < -0.39 is 0 Å². The van der Waals surface area contributed by atoms with E-state index in [9.17, 15) is 4.79 Å². The molecular weight excluding hydrogens is 208 g/mol. The molecular formula is C11H12N2O3. The van der Waals surface area contributed by atoms with Crippen molar-refractivity contribution in [2.45, 2.75) is 0 Å². The van der Waals surface area contributed by atoms with E-state index in [0.29, 0.717) is 17.1 Å². The summed E-state index contributed by atoms with van der Waals surface area (Å²) in [5.74, 6) is 1.30. The molecule has 84 valence electrons. The summed E-state index contributed by atoms with van der Waals surface area (Å²) in [6, 6.07) is 5.31. The molecule has 2 rings (SSSR count). The van der Waals surface area contributed by atoms with Crippen LogP contribution < -0.4 is 15.0 Å². The third-order valence-electron chi connectivity index (χ3n) is 2.31. The minimum absolute atomic E-state index is 0.171. The van der Waals surface area contributed by atoms with Gasteiger partial charge < -0.3 is 14.6 Å². The first-order chi connectivity index (χ1) is 7.74. The molecule has 1 aromatic carbocycles. The summed E-state index contributed by atoms with van der Waals surface area (Å²) < 4.78 is 10.3. The maximum atomic E-state index is 11.5. The molecule has 0 bridgehead atoms. The van der Waals surface area contributed by atoms with Crippen molar-refractivity contribution in [1.29, 1.82) is 0 Å². The highest BCUT2D eigenvalue weighted by molar-refractivity contribution is 5.65. The van der Waals surface area contributed by atoms with E-state index in [4.69, 9.17) is 9.47 Å². The predicted octanol–water partition coefficient (Wildman–Crippen LogP) is 1.39. The standard InChI is InChI=1S/C11H12N2O3/c1-15-8-3-7(4-9(5-8)16-2)10-6-12-13-11(10)14/h3-6H,1-2H3,(H2,12,13,14). The van der Waals surface area contributed by atoms with Gasteiger partial charge in [-0.05, 0) is 17.7 Å². The van der Waals surface area contributed by atoms with Crippen LogP contribution in [0.5, 0.6) is 11.5 Å². The summed E-state index contributed by atoms with van der Waals surface area (Å²) in [6.45, 7) is 0. The smallest absolute Gasteiger partial charge is 0.271 e. The van der Waals surface area contributed by atoms with Crippen molar-refractivity contribution < 1.29 is 9.47 Å². The van der Waals surface area contributed by atoms with Crippen LogP contribution in [0, 0.1) is 0 Å². The van der Waals surface area contributed by atoms with Crippen LogP contribution in [-0.4, -0.2) is 24.4 Å². The summed E-state index contributed by atoms with van der Waals surface area (Å²) in [7, 11) is 3.14. The topological polar surface area (TPSA) is 67.1 Å². The lowest BCUT2D eigenvalue weighted by Gasteiger charge is -2.06. The molecule has 0 fully saturated rings. The Morgan fingerprint density at radius 3 is 2.12 bits per heavy atom. The van der Waals surface area contributed by atoms with E-state index in [1.54, 1.807) is 38.6 Å². The molecule has 0 unspecified atom stereocenters. The van der Waals surface area contributed by atoms with Crippen LogP contribution >= 0.6 is 0 Å². The number of H-pyrrole nitrogens is 2. The van der Waals surface area contributed by atoms with E-state index in [2.05, 4.69) is 10.2 Å². The number of aromatic amines is 2. The second-order valence-corrected chi connectivity index (χ2v) is 3.26. The lowest BCUT2D eigenvalue weighted by Crippen LogP contribution is -2.01. The van der Waals surface area contributed by atoms with E-state index in [1.807, 2.05) is 0 Å². The highest BCUT2D eigenvalue weighted by atomic mass is 16.5. The number of aromatic nitrogens is 2. The van der Waals surface area contributed by atoms with Crippen LogP contribution in [0.15, 0.2) is 29.2 Å². The summed E-state index contributed by atoms with van der Waals surface area (Å²) in [5.41, 5.74) is 1.13. The molecule has 0 aliphatic carbocycles. The normalized spacial score (nSPS) is 10.1. The van der Waals surface area contributed by atoms with Gasteiger partial charge in [-0.25, -0.2) is 0 Å². The van der Waals surface area contributed by atoms with Crippen molar-refractivity contribution in [2.24, 2.45) is 0 Å².